The van der Waals surface area contributed by atoms with Crippen LogP contribution >= 0.6 is 22.6 Å². The van der Waals surface area contributed by atoms with Gasteiger partial charge >= 0.3 is 6.18 Å². The van der Waals surface area contributed by atoms with E-state index in [9.17, 15) is 13.2 Å². The lowest BCUT2D eigenvalue weighted by atomic mass is 10.0. The summed E-state index contributed by atoms with van der Waals surface area (Å²) in [5, 5.41) is 5.74. The van der Waals surface area contributed by atoms with Gasteiger partial charge in [-0.3, -0.25) is 0 Å². The van der Waals surface area contributed by atoms with Crippen LogP contribution in [-0.2, 0) is 6.18 Å². The molecule has 1 heterocycles. The van der Waals surface area contributed by atoms with Crippen LogP contribution in [0.3, 0.4) is 0 Å². The minimum atomic E-state index is -4.57. The zero-order valence-electron chi connectivity index (χ0n) is 15.2. The van der Waals surface area contributed by atoms with Crippen molar-refractivity contribution in [1.82, 2.24) is 9.97 Å². The minimum absolute atomic E-state index is 0.0822. The molecule has 0 radical (unpaired) electrons. The molecule has 0 atom stereocenters. The first-order chi connectivity index (χ1) is 13.2. The number of rotatable bonds is 5. The van der Waals surface area contributed by atoms with E-state index in [1.54, 1.807) is 18.2 Å². The summed E-state index contributed by atoms with van der Waals surface area (Å²) in [6, 6.07) is 14.7. The van der Waals surface area contributed by atoms with Gasteiger partial charge in [-0.2, -0.15) is 18.2 Å². The number of halogens is 4. The Labute approximate surface area is 174 Å². The smallest absolute Gasteiger partial charge is 0.339 e. The molecule has 0 fully saturated rings. The lowest BCUT2D eigenvalue weighted by Gasteiger charge is -2.15. The second-order valence-corrected chi connectivity index (χ2v) is 7.62. The maximum Gasteiger partial charge on any atom is 0.421 e. The Morgan fingerprint density at radius 3 is 2.25 bits per heavy atom. The fraction of sp³-hybridized carbons (Fsp3) is 0.200. The highest BCUT2D eigenvalue weighted by atomic mass is 127. The monoisotopic (exact) mass is 498 g/mol. The Morgan fingerprint density at radius 2 is 1.64 bits per heavy atom. The van der Waals surface area contributed by atoms with E-state index in [-0.39, 0.29) is 11.8 Å². The first-order valence-corrected chi connectivity index (χ1v) is 9.64. The number of aromatic nitrogens is 2. The van der Waals surface area contributed by atoms with E-state index < -0.39 is 11.7 Å². The van der Waals surface area contributed by atoms with Crippen LogP contribution in [0.15, 0.2) is 54.7 Å². The highest BCUT2D eigenvalue weighted by molar-refractivity contribution is 14.1. The number of para-hydroxylation sites is 1. The lowest BCUT2D eigenvalue weighted by Crippen LogP contribution is -2.13. The quantitative estimate of drug-likeness (QED) is 0.384. The van der Waals surface area contributed by atoms with Gasteiger partial charge in [-0.25, -0.2) is 4.98 Å². The molecule has 146 valence electrons. The molecule has 1 aromatic heterocycles. The van der Waals surface area contributed by atoms with Gasteiger partial charge in [-0.1, -0.05) is 38.1 Å². The van der Waals surface area contributed by atoms with Crippen molar-refractivity contribution in [2.75, 3.05) is 10.6 Å². The highest BCUT2D eigenvalue weighted by Gasteiger charge is 2.35. The molecule has 0 bridgehead atoms. The van der Waals surface area contributed by atoms with E-state index in [0.29, 0.717) is 17.3 Å². The number of alkyl halides is 3. The molecule has 0 saturated carbocycles. The number of nitrogens with zero attached hydrogens (tertiary/aromatic N) is 2. The Hall–Kier alpha value is -2.36. The highest BCUT2D eigenvalue weighted by Crippen LogP contribution is 2.36. The maximum atomic E-state index is 13.4. The third-order valence-electron chi connectivity index (χ3n) is 4.05. The standard InChI is InChI=1S/C20H18F3IN4/c1-12(2)13-7-9-14(10-8-13)26-19-25-11-15(20(21,22)23)18(28-19)27-17-6-4-3-5-16(17)24/h3-12H,1-2H3,(H2,25,26,27,28). The largest absolute Gasteiger partial charge is 0.421 e. The molecular formula is C20H18F3IN4. The summed E-state index contributed by atoms with van der Waals surface area (Å²) >= 11 is 2.05. The van der Waals surface area contributed by atoms with E-state index in [1.165, 1.54) is 5.56 Å². The van der Waals surface area contributed by atoms with Crippen molar-refractivity contribution >= 4 is 45.7 Å². The summed E-state index contributed by atoms with van der Waals surface area (Å²) in [6.07, 6.45) is -3.78. The first-order valence-electron chi connectivity index (χ1n) is 8.57. The maximum absolute atomic E-state index is 13.4. The summed E-state index contributed by atoms with van der Waals surface area (Å²) < 4.78 is 40.9. The molecule has 0 amide bonds. The van der Waals surface area contributed by atoms with Gasteiger partial charge in [-0.15, -0.1) is 0 Å². The SMILES string of the molecule is CC(C)c1ccc(Nc2ncc(C(F)(F)F)c(Nc3ccccc3I)n2)cc1. The fourth-order valence-corrected chi connectivity index (χ4v) is 3.04. The molecule has 2 aromatic carbocycles. The zero-order valence-corrected chi connectivity index (χ0v) is 17.3. The van der Waals surface area contributed by atoms with E-state index in [0.717, 1.165) is 9.77 Å². The van der Waals surface area contributed by atoms with Gasteiger partial charge in [0, 0.05) is 15.5 Å². The predicted molar refractivity (Wildman–Crippen MR) is 113 cm³/mol. The molecule has 4 nitrogen and oxygen atoms in total. The van der Waals surface area contributed by atoms with Crippen LogP contribution in [0.4, 0.5) is 36.3 Å². The topological polar surface area (TPSA) is 49.8 Å². The molecule has 3 rings (SSSR count). The van der Waals surface area contributed by atoms with Crippen LogP contribution in [0.2, 0.25) is 0 Å². The summed E-state index contributed by atoms with van der Waals surface area (Å²) in [5.74, 6) is 0.173. The molecular weight excluding hydrogens is 480 g/mol. The first kappa shape index (κ1) is 20.4. The number of nitrogens with one attached hydrogen (secondary N) is 2. The predicted octanol–water partition coefficient (Wildman–Crippen LogP) is 6.71. The number of anilines is 4. The Kier molecular flexibility index (Phi) is 6.07. The fourth-order valence-electron chi connectivity index (χ4n) is 2.52. The Morgan fingerprint density at radius 1 is 0.964 bits per heavy atom. The average molecular weight is 498 g/mol. The van der Waals surface area contributed by atoms with Gasteiger partial charge < -0.3 is 10.6 Å². The number of hydrogen-bond donors (Lipinski definition) is 2. The molecule has 28 heavy (non-hydrogen) atoms. The summed E-state index contributed by atoms with van der Waals surface area (Å²) in [7, 11) is 0. The van der Waals surface area contributed by atoms with Gasteiger partial charge in [0.2, 0.25) is 5.95 Å². The van der Waals surface area contributed by atoms with Crippen molar-refractivity contribution in [3.8, 4) is 0 Å². The minimum Gasteiger partial charge on any atom is -0.339 e. The second kappa shape index (κ2) is 8.34. The van der Waals surface area contributed by atoms with Crippen LogP contribution in [0.5, 0.6) is 0 Å². The lowest BCUT2D eigenvalue weighted by molar-refractivity contribution is -0.137. The van der Waals surface area contributed by atoms with Crippen molar-refractivity contribution in [1.29, 1.82) is 0 Å². The van der Waals surface area contributed by atoms with Gasteiger partial charge in [-0.05, 0) is 58.3 Å². The van der Waals surface area contributed by atoms with Crippen LogP contribution in [-0.4, -0.2) is 9.97 Å². The van der Waals surface area contributed by atoms with Crippen LogP contribution in [0.25, 0.3) is 0 Å². The van der Waals surface area contributed by atoms with Gasteiger partial charge in [0.05, 0.1) is 5.69 Å². The second-order valence-electron chi connectivity index (χ2n) is 6.46. The molecule has 8 heteroatoms. The van der Waals surface area contributed by atoms with Crippen molar-refractivity contribution < 1.29 is 13.2 Å². The molecule has 0 spiro atoms. The van der Waals surface area contributed by atoms with Crippen LogP contribution in [0, 0.1) is 3.57 Å². The van der Waals surface area contributed by atoms with E-state index in [4.69, 9.17) is 0 Å². The van der Waals surface area contributed by atoms with E-state index >= 15 is 0 Å². The summed E-state index contributed by atoms with van der Waals surface area (Å²) in [4.78, 5) is 7.91. The van der Waals surface area contributed by atoms with Gasteiger partial charge in [0.15, 0.2) is 0 Å². The summed E-state index contributed by atoms with van der Waals surface area (Å²) in [6.45, 7) is 4.18. The van der Waals surface area contributed by atoms with Gasteiger partial charge in [0.25, 0.3) is 0 Å². The Bertz CT molecular complexity index is 956. The van der Waals surface area contributed by atoms with E-state index in [1.807, 2.05) is 30.3 Å². The third kappa shape index (κ3) is 4.92. The molecule has 0 aliphatic heterocycles. The van der Waals surface area contributed by atoms with E-state index in [2.05, 4.69) is 57.0 Å². The van der Waals surface area contributed by atoms with Crippen LogP contribution < -0.4 is 10.6 Å². The molecule has 0 aliphatic rings. The van der Waals surface area contributed by atoms with Gasteiger partial charge in [0.1, 0.15) is 11.4 Å². The molecule has 2 N–H and O–H groups in total. The number of hydrogen-bond acceptors (Lipinski definition) is 4. The molecule has 0 aliphatic carbocycles. The zero-order chi connectivity index (χ0) is 20.3. The Balaban J connectivity index is 1.92. The normalized spacial score (nSPS) is 11.5. The van der Waals surface area contributed by atoms with Crippen LogP contribution in [0.1, 0.15) is 30.9 Å². The average Bonchev–Trinajstić information content (AvgIpc) is 2.63. The molecule has 0 unspecified atom stereocenters. The molecule has 3 aromatic rings. The summed E-state index contributed by atoms with van der Waals surface area (Å²) in [5.41, 5.74) is 1.48. The van der Waals surface area contributed by atoms with Crippen molar-refractivity contribution in [2.45, 2.75) is 25.9 Å². The number of benzene rings is 2. The van der Waals surface area contributed by atoms with Crippen molar-refractivity contribution in [3.63, 3.8) is 0 Å². The molecule has 0 saturated heterocycles. The van der Waals surface area contributed by atoms with Crippen molar-refractivity contribution in [2.24, 2.45) is 0 Å². The third-order valence-corrected chi connectivity index (χ3v) is 5.00. The van der Waals surface area contributed by atoms with Crippen molar-refractivity contribution in [3.05, 3.63) is 69.4 Å².